The van der Waals surface area contributed by atoms with Gasteiger partial charge in [-0.05, 0) is 50.8 Å². The van der Waals surface area contributed by atoms with E-state index in [4.69, 9.17) is 14.5 Å². The van der Waals surface area contributed by atoms with E-state index in [1.807, 2.05) is 45.0 Å². The van der Waals surface area contributed by atoms with E-state index in [1.165, 1.54) is 0 Å². The molecule has 28 heavy (non-hydrogen) atoms. The van der Waals surface area contributed by atoms with Crippen LogP contribution in [-0.4, -0.2) is 21.4 Å². The summed E-state index contributed by atoms with van der Waals surface area (Å²) in [7, 11) is 0. The Morgan fingerprint density at radius 3 is 2.93 bits per heavy atom. The Balaban J connectivity index is 1.88. The lowest BCUT2D eigenvalue weighted by Crippen LogP contribution is -2.03. The second-order valence-corrected chi connectivity index (χ2v) is 6.99. The molecule has 144 valence electrons. The molecule has 6 heteroatoms. The fourth-order valence-corrected chi connectivity index (χ4v) is 3.13. The highest BCUT2D eigenvalue weighted by molar-refractivity contribution is 5.66. The molecule has 1 heterocycles. The number of nitriles is 1. The maximum absolute atomic E-state index is 10.1. The lowest BCUT2D eigenvalue weighted by atomic mass is 10.0. The number of aliphatic hydroxyl groups excluding tert-OH is 1. The van der Waals surface area contributed by atoms with Crippen LogP contribution in [0.5, 0.6) is 0 Å². The first-order valence-electron chi connectivity index (χ1n) is 9.19. The summed E-state index contributed by atoms with van der Waals surface area (Å²) in [5.74, 6) is 1.29. The van der Waals surface area contributed by atoms with E-state index in [0.29, 0.717) is 23.9 Å². The lowest BCUT2D eigenvalue weighted by Gasteiger charge is -2.11. The van der Waals surface area contributed by atoms with Crippen molar-refractivity contribution >= 4 is 5.57 Å². The highest BCUT2D eigenvalue weighted by atomic mass is 16.5. The normalized spacial score (nSPS) is 16.8. The number of hydrogen-bond acceptors (Lipinski definition) is 6. The van der Waals surface area contributed by atoms with Crippen molar-refractivity contribution in [3.05, 3.63) is 65.3 Å². The molecule has 0 radical (unpaired) electrons. The molecule has 2 aromatic rings. The molecule has 0 aliphatic heterocycles. The first-order chi connectivity index (χ1) is 13.4. The molecular weight excluding hydrogens is 354 g/mol. The van der Waals surface area contributed by atoms with Crippen LogP contribution in [0.3, 0.4) is 0 Å². The number of allylic oxidation sites excluding steroid dienone is 4. The largest absolute Gasteiger partial charge is 0.490 e. The van der Waals surface area contributed by atoms with Crippen molar-refractivity contribution in [1.82, 2.24) is 10.1 Å². The smallest absolute Gasteiger partial charge is 0.253 e. The third-order valence-corrected chi connectivity index (χ3v) is 4.52. The number of aliphatic hydroxyl groups is 1. The molecule has 1 atom stereocenters. The first-order valence-corrected chi connectivity index (χ1v) is 9.19. The summed E-state index contributed by atoms with van der Waals surface area (Å²) in [6.07, 6.45) is 4.44. The Bertz CT molecular complexity index is 993. The third-order valence-electron chi connectivity index (χ3n) is 4.52. The maximum atomic E-state index is 10.1. The summed E-state index contributed by atoms with van der Waals surface area (Å²) in [5, 5.41) is 23.3. The standard InChI is InChI=1S/C22H23N3O3/c1-13(2)27-20(15(4)12-23)11-8-14(3)22-24-21(25-28-22)18-7-5-6-17-16(18)9-10-19(17)26/h5-8,11,13,19,26H,4,9-10H2,1-3H3/b14-8+,20-11+. The van der Waals surface area contributed by atoms with E-state index < -0.39 is 6.10 Å². The van der Waals surface area contributed by atoms with Crippen LogP contribution in [0.4, 0.5) is 0 Å². The Hall–Kier alpha value is -3.17. The molecule has 0 saturated carbocycles. The van der Waals surface area contributed by atoms with Gasteiger partial charge in [0.15, 0.2) is 0 Å². The zero-order valence-electron chi connectivity index (χ0n) is 16.3. The number of hydrogen-bond donors (Lipinski definition) is 1. The molecule has 1 unspecified atom stereocenters. The zero-order chi connectivity index (χ0) is 20.3. The van der Waals surface area contributed by atoms with Gasteiger partial charge in [0, 0.05) is 11.1 Å². The summed E-state index contributed by atoms with van der Waals surface area (Å²) >= 11 is 0. The topological polar surface area (TPSA) is 92.2 Å². The molecule has 1 aromatic heterocycles. The molecule has 3 rings (SSSR count). The number of aromatic nitrogens is 2. The van der Waals surface area contributed by atoms with Crippen molar-refractivity contribution in [2.45, 2.75) is 45.8 Å². The van der Waals surface area contributed by atoms with Crippen LogP contribution in [0.15, 0.2) is 52.8 Å². The van der Waals surface area contributed by atoms with E-state index in [-0.39, 0.29) is 11.7 Å². The van der Waals surface area contributed by atoms with Crippen LogP contribution in [0.1, 0.15) is 50.3 Å². The van der Waals surface area contributed by atoms with Gasteiger partial charge in [0.1, 0.15) is 11.8 Å². The second kappa shape index (κ2) is 8.24. The van der Waals surface area contributed by atoms with Crippen molar-refractivity contribution in [3.8, 4) is 17.5 Å². The average molecular weight is 377 g/mol. The van der Waals surface area contributed by atoms with Gasteiger partial charge in [0.2, 0.25) is 5.82 Å². The van der Waals surface area contributed by atoms with Crippen molar-refractivity contribution < 1.29 is 14.4 Å². The molecule has 1 aliphatic carbocycles. The van der Waals surface area contributed by atoms with E-state index >= 15 is 0 Å². The maximum Gasteiger partial charge on any atom is 0.253 e. The number of nitrogens with zero attached hydrogens (tertiary/aromatic N) is 3. The van der Waals surface area contributed by atoms with E-state index in [9.17, 15) is 5.11 Å². The number of ether oxygens (including phenoxy) is 1. The van der Waals surface area contributed by atoms with Crippen molar-refractivity contribution in [1.29, 1.82) is 5.26 Å². The number of rotatable bonds is 6. The van der Waals surface area contributed by atoms with Crippen LogP contribution in [0.25, 0.3) is 17.0 Å². The Morgan fingerprint density at radius 1 is 1.43 bits per heavy atom. The fourth-order valence-electron chi connectivity index (χ4n) is 3.13. The zero-order valence-corrected chi connectivity index (χ0v) is 16.3. The minimum atomic E-state index is -0.430. The number of benzene rings is 1. The first kappa shape index (κ1) is 19.6. The van der Waals surface area contributed by atoms with Gasteiger partial charge in [-0.3, -0.25) is 0 Å². The van der Waals surface area contributed by atoms with Gasteiger partial charge in [0.05, 0.1) is 17.8 Å². The summed E-state index contributed by atoms with van der Waals surface area (Å²) in [4.78, 5) is 4.50. The van der Waals surface area contributed by atoms with Gasteiger partial charge in [-0.1, -0.05) is 36.0 Å². The molecule has 0 amide bonds. The molecule has 0 saturated heterocycles. The van der Waals surface area contributed by atoms with Gasteiger partial charge >= 0.3 is 0 Å². The van der Waals surface area contributed by atoms with Crippen LogP contribution in [0.2, 0.25) is 0 Å². The van der Waals surface area contributed by atoms with Crippen molar-refractivity contribution in [2.24, 2.45) is 0 Å². The second-order valence-electron chi connectivity index (χ2n) is 6.99. The van der Waals surface area contributed by atoms with Gasteiger partial charge in [0.25, 0.3) is 5.89 Å². The summed E-state index contributed by atoms with van der Waals surface area (Å²) in [6.45, 7) is 9.31. The molecule has 0 bridgehead atoms. The van der Waals surface area contributed by atoms with Gasteiger partial charge in [-0.2, -0.15) is 10.2 Å². The van der Waals surface area contributed by atoms with Gasteiger partial charge in [-0.15, -0.1) is 0 Å². The minimum absolute atomic E-state index is 0.0735. The van der Waals surface area contributed by atoms with Crippen molar-refractivity contribution in [3.63, 3.8) is 0 Å². The van der Waals surface area contributed by atoms with Crippen LogP contribution >= 0.6 is 0 Å². The quantitative estimate of drug-likeness (QED) is 0.452. The Morgan fingerprint density at radius 2 is 2.21 bits per heavy atom. The highest BCUT2D eigenvalue weighted by Gasteiger charge is 2.24. The van der Waals surface area contributed by atoms with Gasteiger partial charge < -0.3 is 14.4 Å². The molecule has 1 N–H and O–H groups in total. The van der Waals surface area contributed by atoms with Crippen LogP contribution in [0, 0.1) is 11.3 Å². The average Bonchev–Trinajstić information content (AvgIpc) is 3.31. The van der Waals surface area contributed by atoms with Crippen LogP contribution in [-0.2, 0) is 11.2 Å². The highest BCUT2D eigenvalue weighted by Crippen LogP contribution is 2.36. The number of fused-ring (bicyclic) bond motifs is 1. The molecule has 0 spiro atoms. The monoisotopic (exact) mass is 377 g/mol. The summed E-state index contributed by atoms with van der Waals surface area (Å²) in [6, 6.07) is 7.77. The van der Waals surface area contributed by atoms with E-state index in [0.717, 1.165) is 28.7 Å². The van der Waals surface area contributed by atoms with Crippen molar-refractivity contribution in [2.75, 3.05) is 0 Å². The molecular formula is C22H23N3O3. The van der Waals surface area contributed by atoms with E-state index in [1.54, 1.807) is 12.2 Å². The molecule has 1 aromatic carbocycles. The molecule has 1 aliphatic rings. The predicted molar refractivity (Wildman–Crippen MR) is 106 cm³/mol. The van der Waals surface area contributed by atoms with E-state index in [2.05, 4.69) is 16.7 Å². The summed E-state index contributed by atoms with van der Waals surface area (Å²) < 4.78 is 11.0. The Labute approximate surface area is 164 Å². The van der Waals surface area contributed by atoms with Gasteiger partial charge in [-0.25, -0.2) is 0 Å². The fraction of sp³-hybridized carbons (Fsp3) is 0.318. The molecule has 6 nitrogen and oxygen atoms in total. The predicted octanol–water partition coefficient (Wildman–Crippen LogP) is 4.51. The minimum Gasteiger partial charge on any atom is -0.490 e. The lowest BCUT2D eigenvalue weighted by molar-refractivity contribution is 0.156. The third kappa shape index (κ3) is 4.05. The SMILES string of the molecule is C=C(C#N)/C(=C\C=C(/C)c1nc(-c2cccc3c2CCC3O)no1)OC(C)C. The summed E-state index contributed by atoms with van der Waals surface area (Å²) in [5.41, 5.74) is 3.88. The van der Waals surface area contributed by atoms with Crippen LogP contribution < -0.4 is 0 Å². The molecule has 0 fully saturated rings. The Kier molecular flexibility index (Phi) is 5.76.